The van der Waals surface area contributed by atoms with Crippen LogP contribution >= 0.6 is 0 Å². The van der Waals surface area contributed by atoms with Crippen molar-refractivity contribution in [3.8, 4) is 0 Å². The van der Waals surface area contributed by atoms with Gasteiger partial charge in [0.1, 0.15) is 0 Å². The molecular formula is C13H22N2. The van der Waals surface area contributed by atoms with Gasteiger partial charge in [-0.1, -0.05) is 19.1 Å². The van der Waals surface area contributed by atoms with Crippen LogP contribution in [0.3, 0.4) is 0 Å². The highest BCUT2D eigenvalue weighted by atomic mass is 15.2. The van der Waals surface area contributed by atoms with Gasteiger partial charge in [0.2, 0.25) is 0 Å². The maximum Gasteiger partial charge on any atom is 0.0314 e. The Morgan fingerprint density at radius 1 is 1.20 bits per heavy atom. The number of nitrogen functional groups attached to an aromatic ring is 1. The first kappa shape index (κ1) is 12.1. The van der Waals surface area contributed by atoms with Gasteiger partial charge in [-0.15, -0.1) is 0 Å². The van der Waals surface area contributed by atoms with Crippen LogP contribution in [0.4, 0.5) is 5.69 Å². The first-order chi connectivity index (χ1) is 6.95. The quantitative estimate of drug-likeness (QED) is 0.767. The van der Waals surface area contributed by atoms with E-state index in [1.165, 1.54) is 5.56 Å². The molecule has 0 saturated heterocycles. The highest BCUT2D eigenvalue weighted by Crippen LogP contribution is 2.19. The second-order valence-electron chi connectivity index (χ2n) is 4.76. The average Bonchev–Trinajstić information content (AvgIpc) is 2.21. The van der Waals surface area contributed by atoms with E-state index in [2.05, 4.69) is 44.9 Å². The predicted molar refractivity (Wildman–Crippen MR) is 66.7 cm³/mol. The van der Waals surface area contributed by atoms with Crippen molar-refractivity contribution in [1.82, 2.24) is 4.90 Å². The van der Waals surface area contributed by atoms with Crippen molar-refractivity contribution < 1.29 is 0 Å². The van der Waals surface area contributed by atoms with Gasteiger partial charge in [-0.05, 0) is 45.0 Å². The number of hydrogen-bond donors (Lipinski definition) is 1. The molecule has 0 aliphatic carbocycles. The molecule has 2 nitrogen and oxygen atoms in total. The third-order valence-corrected chi connectivity index (χ3v) is 3.30. The van der Waals surface area contributed by atoms with Crippen LogP contribution in [0.1, 0.15) is 32.8 Å². The third-order valence-electron chi connectivity index (χ3n) is 3.30. The van der Waals surface area contributed by atoms with Gasteiger partial charge in [0.05, 0.1) is 0 Å². The van der Waals surface area contributed by atoms with Gasteiger partial charge in [-0.2, -0.15) is 0 Å². The highest BCUT2D eigenvalue weighted by molar-refractivity contribution is 5.39. The van der Waals surface area contributed by atoms with Gasteiger partial charge in [0.25, 0.3) is 0 Å². The molecule has 2 heteroatoms. The highest BCUT2D eigenvalue weighted by Gasteiger charge is 2.20. The molecular weight excluding hydrogens is 184 g/mol. The zero-order valence-electron chi connectivity index (χ0n) is 10.2. The maximum atomic E-state index is 5.66. The molecule has 0 radical (unpaired) electrons. The van der Waals surface area contributed by atoms with Crippen LogP contribution in [0, 0.1) is 0 Å². The molecule has 15 heavy (non-hydrogen) atoms. The SMILES string of the molecule is CCC(C)(C)N(C)Cc1ccc(N)cc1. The van der Waals surface area contributed by atoms with Crippen molar-refractivity contribution in [2.45, 2.75) is 39.3 Å². The van der Waals surface area contributed by atoms with Gasteiger partial charge < -0.3 is 5.73 Å². The normalized spacial score (nSPS) is 12.1. The molecule has 1 rings (SSSR count). The van der Waals surface area contributed by atoms with Crippen LogP contribution in [0.5, 0.6) is 0 Å². The Morgan fingerprint density at radius 3 is 2.20 bits per heavy atom. The first-order valence-electron chi connectivity index (χ1n) is 5.51. The summed E-state index contributed by atoms with van der Waals surface area (Å²) < 4.78 is 0. The molecule has 0 saturated carbocycles. The maximum absolute atomic E-state index is 5.66. The molecule has 0 bridgehead atoms. The van der Waals surface area contributed by atoms with E-state index in [1.807, 2.05) is 12.1 Å². The van der Waals surface area contributed by atoms with Gasteiger partial charge in [-0.25, -0.2) is 0 Å². The molecule has 0 unspecified atom stereocenters. The van der Waals surface area contributed by atoms with E-state index in [0.717, 1.165) is 18.7 Å². The molecule has 0 aliphatic rings. The summed E-state index contributed by atoms with van der Waals surface area (Å²) in [6.45, 7) is 7.73. The fourth-order valence-electron chi connectivity index (χ4n) is 1.38. The molecule has 84 valence electrons. The molecule has 2 N–H and O–H groups in total. The summed E-state index contributed by atoms with van der Waals surface area (Å²) in [5, 5.41) is 0. The minimum Gasteiger partial charge on any atom is -0.399 e. The lowest BCUT2D eigenvalue weighted by atomic mass is 9.99. The van der Waals surface area contributed by atoms with Crippen LogP contribution in [-0.4, -0.2) is 17.5 Å². The molecule has 1 aromatic carbocycles. The summed E-state index contributed by atoms with van der Waals surface area (Å²) in [5.41, 5.74) is 8.05. The minimum atomic E-state index is 0.251. The Hall–Kier alpha value is -1.02. The van der Waals surface area contributed by atoms with Gasteiger partial charge in [0.15, 0.2) is 0 Å². The predicted octanol–water partition coefficient (Wildman–Crippen LogP) is 2.89. The van der Waals surface area contributed by atoms with Crippen LogP contribution < -0.4 is 5.73 Å². The Kier molecular flexibility index (Phi) is 3.75. The summed E-state index contributed by atoms with van der Waals surface area (Å²) in [4.78, 5) is 2.37. The smallest absolute Gasteiger partial charge is 0.0314 e. The Morgan fingerprint density at radius 2 is 1.73 bits per heavy atom. The largest absolute Gasteiger partial charge is 0.399 e. The van der Waals surface area contributed by atoms with Crippen LogP contribution in [0.25, 0.3) is 0 Å². The number of anilines is 1. The summed E-state index contributed by atoms with van der Waals surface area (Å²) >= 11 is 0. The zero-order valence-corrected chi connectivity index (χ0v) is 10.2. The summed E-state index contributed by atoms with van der Waals surface area (Å²) in [5.74, 6) is 0. The molecule has 0 spiro atoms. The van der Waals surface area contributed by atoms with E-state index in [9.17, 15) is 0 Å². The lowest BCUT2D eigenvalue weighted by Gasteiger charge is -2.34. The number of nitrogens with zero attached hydrogens (tertiary/aromatic N) is 1. The van der Waals surface area contributed by atoms with E-state index in [-0.39, 0.29) is 5.54 Å². The fraction of sp³-hybridized carbons (Fsp3) is 0.538. The van der Waals surface area contributed by atoms with Crippen LogP contribution in [-0.2, 0) is 6.54 Å². The summed E-state index contributed by atoms with van der Waals surface area (Å²) in [6.07, 6.45) is 1.15. The third kappa shape index (κ3) is 3.24. The van der Waals surface area contributed by atoms with Crippen molar-refractivity contribution in [2.24, 2.45) is 0 Å². The van der Waals surface area contributed by atoms with Crippen molar-refractivity contribution >= 4 is 5.69 Å². The Labute approximate surface area is 93.1 Å². The monoisotopic (exact) mass is 206 g/mol. The molecule has 0 fully saturated rings. The standard InChI is InChI=1S/C13H22N2/c1-5-13(2,3)15(4)10-11-6-8-12(14)9-7-11/h6-9H,5,10,14H2,1-4H3. The summed E-state index contributed by atoms with van der Waals surface area (Å²) in [6, 6.07) is 8.11. The lowest BCUT2D eigenvalue weighted by molar-refractivity contribution is 0.143. The van der Waals surface area contributed by atoms with E-state index in [0.29, 0.717) is 0 Å². The molecule has 0 atom stereocenters. The Balaban J connectivity index is 2.66. The summed E-state index contributed by atoms with van der Waals surface area (Å²) in [7, 11) is 2.17. The molecule has 0 heterocycles. The van der Waals surface area contributed by atoms with Gasteiger partial charge in [-0.3, -0.25) is 4.90 Å². The first-order valence-corrected chi connectivity index (χ1v) is 5.51. The van der Waals surface area contributed by atoms with Crippen molar-refractivity contribution in [2.75, 3.05) is 12.8 Å². The number of nitrogens with two attached hydrogens (primary N) is 1. The lowest BCUT2D eigenvalue weighted by Crippen LogP contribution is -2.39. The second kappa shape index (κ2) is 4.67. The second-order valence-corrected chi connectivity index (χ2v) is 4.76. The number of rotatable bonds is 4. The molecule has 0 aromatic heterocycles. The zero-order chi connectivity index (χ0) is 11.5. The van der Waals surface area contributed by atoms with Crippen molar-refractivity contribution in [3.05, 3.63) is 29.8 Å². The topological polar surface area (TPSA) is 29.3 Å². The van der Waals surface area contributed by atoms with E-state index >= 15 is 0 Å². The van der Waals surface area contributed by atoms with E-state index in [1.54, 1.807) is 0 Å². The van der Waals surface area contributed by atoms with E-state index in [4.69, 9.17) is 5.73 Å². The van der Waals surface area contributed by atoms with E-state index < -0.39 is 0 Å². The van der Waals surface area contributed by atoms with Gasteiger partial charge >= 0.3 is 0 Å². The van der Waals surface area contributed by atoms with Crippen molar-refractivity contribution in [3.63, 3.8) is 0 Å². The molecule has 0 aliphatic heterocycles. The fourth-order valence-corrected chi connectivity index (χ4v) is 1.38. The molecule has 0 amide bonds. The van der Waals surface area contributed by atoms with Gasteiger partial charge in [0, 0.05) is 17.8 Å². The van der Waals surface area contributed by atoms with Crippen LogP contribution in [0.2, 0.25) is 0 Å². The minimum absolute atomic E-state index is 0.251. The number of hydrogen-bond acceptors (Lipinski definition) is 2. The van der Waals surface area contributed by atoms with Crippen molar-refractivity contribution in [1.29, 1.82) is 0 Å². The number of benzene rings is 1. The Bertz CT molecular complexity index is 301. The molecule has 1 aromatic rings. The average molecular weight is 206 g/mol. The van der Waals surface area contributed by atoms with Crippen LogP contribution in [0.15, 0.2) is 24.3 Å².